The molecule has 1 aromatic rings. The zero-order valence-electron chi connectivity index (χ0n) is 16.4. The van der Waals surface area contributed by atoms with Crippen LogP contribution >= 0.6 is 0 Å². The fourth-order valence-corrected chi connectivity index (χ4v) is 2.18. The largest absolute Gasteiger partial charge is 0.490 e. The minimum absolute atomic E-state index is 0.226. The third-order valence-electron chi connectivity index (χ3n) is 2.99. The van der Waals surface area contributed by atoms with Crippen molar-refractivity contribution in [3.63, 3.8) is 0 Å². The van der Waals surface area contributed by atoms with Crippen LogP contribution in [0.1, 0.15) is 51.9 Å². The molecule has 7 nitrogen and oxygen atoms in total. The smallest absolute Gasteiger partial charge is 0.338 e. The molecule has 0 saturated carbocycles. The number of benzene rings is 1. The first kappa shape index (κ1) is 21.6. The zero-order valence-corrected chi connectivity index (χ0v) is 16.4. The molecule has 0 aliphatic heterocycles. The SMILES string of the molecule is CCOc1cc(C(=O)OCC(=O)NC(C)(C)C)cc(OCC)c1OCC. The van der Waals surface area contributed by atoms with Crippen molar-refractivity contribution >= 4 is 11.9 Å². The van der Waals surface area contributed by atoms with Crippen LogP contribution in [0.2, 0.25) is 0 Å². The van der Waals surface area contributed by atoms with Crippen molar-refractivity contribution in [3.05, 3.63) is 17.7 Å². The number of carbonyl (C=O) groups excluding carboxylic acids is 2. The average Bonchev–Trinajstić information content (AvgIpc) is 2.54. The van der Waals surface area contributed by atoms with Crippen molar-refractivity contribution in [2.45, 2.75) is 47.1 Å². The van der Waals surface area contributed by atoms with Gasteiger partial charge in [-0.05, 0) is 53.7 Å². The third-order valence-corrected chi connectivity index (χ3v) is 2.99. The van der Waals surface area contributed by atoms with E-state index in [0.29, 0.717) is 37.1 Å². The lowest BCUT2D eigenvalue weighted by Gasteiger charge is -2.20. The molecular formula is C19H29NO6. The highest BCUT2D eigenvalue weighted by Gasteiger charge is 2.20. The van der Waals surface area contributed by atoms with Crippen LogP contribution in [0.15, 0.2) is 12.1 Å². The van der Waals surface area contributed by atoms with E-state index in [-0.39, 0.29) is 18.1 Å². The maximum Gasteiger partial charge on any atom is 0.338 e. The van der Waals surface area contributed by atoms with Crippen LogP contribution in [0.4, 0.5) is 0 Å². The van der Waals surface area contributed by atoms with Crippen LogP contribution in [-0.2, 0) is 9.53 Å². The summed E-state index contributed by atoms with van der Waals surface area (Å²) in [6.07, 6.45) is 0. The number of ether oxygens (including phenoxy) is 4. The molecule has 0 fully saturated rings. The van der Waals surface area contributed by atoms with Gasteiger partial charge in [0.2, 0.25) is 5.75 Å². The predicted molar refractivity (Wildman–Crippen MR) is 98.1 cm³/mol. The average molecular weight is 367 g/mol. The van der Waals surface area contributed by atoms with Crippen molar-refractivity contribution in [1.82, 2.24) is 5.32 Å². The molecule has 146 valence electrons. The van der Waals surface area contributed by atoms with Crippen molar-refractivity contribution < 1.29 is 28.5 Å². The van der Waals surface area contributed by atoms with Crippen LogP contribution in [0.25, 0.3) is 0 Å². The molecule has 0 bridgehead atoms. The summed E-state index contributed by atoms with van der Waals surface area (Å²) in [5.74, 6) is 0.224. The van der Waals surface area contributed by atoms with Gasteiger partial charge < -0.3 is 24.3 Å². The molecule has 0 radical (unpaired) electrons. The summed E-state index contributed by atoms with van der Waals surface area (Å²) in [6, 6.07) is 3.06. The van der Waals surface area contributed by atoms with E-state index in [4.69, 9.17) is 18.9 Å². The second-order valence-corrected chi connectivity index (χ2v) is 6.47. The lowest BCUT2D eigenvalue weighted by Crippen LogP contribution is -2.42. The number of hydrogen-bond donors (Lipinski definition) is 1. The Hall–Kier alpha value is -2.44. The third kappa shape index (κ3) is 6.82. The van der Waals surface area contributed by atoms with Crippen molar-refractivity contribution in [1.29, 1.82) is 0 Å². The molecular weight excluding hydrogens is 338 g/mol. The maximum atomic E-state index is 12.3. The molecule has 0 aliphatic rings. The van der Waals surface area contributed by atoms with E-state index in [2.05, 4.69) is 5.32 Å². The first-order valence-electron chi connectivity index (χ1n) is 8.76. The van der Waals surface area contributed by atoms with E-state index in [9.17, 15) is 9.59 Å². The highest BCUT2D eigenvalue weighted by Crippen LogP contribution is 2.39. The van der Waals surface area contributed by atoms with Gasteiger partial charge in [0, 0.05) is 5.54 Å². The first-order chi connectivity index (χ1) is 12.2. The highest BCUT2D eigenvalue weighted by atomic mass is 16.5. The van der Waals surface area contributed by atoms with Crippen LogP contribution in [-0.4, -0.2) is 43.8 Å². The summed E-state index contributed by atoms with van der Waals surface area (Å²) in [4.78, 5) is 24.2. The predicted octanol–water partition coefficient (Wildman–Crippen LogP) is 2.95. The Morgan fingerprint density at radius 3 is 1.85 bits per heavy atom. The molecule has 1 N–H and O–H groups in total. The highest BCUT2D eigenvalue weighted by molar-refractivity contribution is 5.92. The van der Waals surface area contributed by atoms with Gasteiger partial charge in [-0.25, -0.2) is 4.79 Å². The second-order valence-electron chi connectivity index (χ2n) is 6.47. The molecule has 0 atom stereocenters. The summed E-state index contributed by atoms with van der Waals surface area (Å²) in [7, 11) is 0. The molecule has 0 aromatic heterocycles. The van der Waals surface area contributed by atoms with Crippen molar-refractivity contribution in [3.8, 4) is 17.2 Å². The zero-order chi connectivity index (χ0) is 19.7. The molecule has 1 amide bonds. The molecule has 0 aliphatic carbocycles. The lowest BCUT2D eigenvalue weighted by molar-refractivity contribution is -0.125. The second kappa shape index (κ2) is 9.89. The van der Waals surface area contributed by atoms with Gasteiger partial charge in [0.15, 0.2) is 18.1 Å². The number of amides is 1. The Labute approximate surface area is 155 Å². The minimum atomic E-state index is -0.640. The summed E-state index contributed by atoms with van der Waals surface area (Å²) in [5.41, 5.74) is -0.170. The summed E-state index contributed by atoms with van der Waals surface area (Å²) in [6.45, 7) is 11.9. The number of carbonyl (C=O) groups is 2. The van der Waals surface area contributed by atoms with Crippen LogP contribution in [0.3, 0.4) is 0 Å². The molecule has 7 heteroatoms. The summed E-state index contributed by atoms with van der Waals surface area (Å²) >= 11 is 0. The lowest BCUT2D eigenvalue weighted by atomic mass is 10.1. The van der Waals surface area contributed by atoms with E-state index >= 15 is 0 Å². The van der Waals surface area contributed by atoms with Gasteiger partial charge in [-0.15, -0.1) is 0 Å². The summed E-state index contributed by atoms with van der Waals surface area (Å²) < 4.78 is 21.8. The molecule has 0 spiro atoms. The normalized spacial score (nSPS) is 10.8. The van der Waals surface area contributed by atoms with Gasteiger partial charge in [0.1, 0.15) is 0 Å². The van der Waals surface area contributed by atoms with E-state index < -0.39 is 11.5 Å². The molecule has 0 heterocycles. The van der Waals surface area contributed by atoms with Gasteiger partial charge in [0.05, 0.1) is 25.4 Å². The van der Waals surface area contributed by atoms with E-state index in [1.54, 1.807) is 0 Å². The molecule has 26 heavy (non-hydrogen) atoms. The van der Waals surface area contributed by atoms with Gasteiger partial charge in [-0.3, -0.25) is 4.79 Å². The monoisotopic (exact) mass is 367 g/mol. The van der Waals surface area contributed by atoms with Gasteiger partial charge in [0.25, 0.3) is 5.91 Å². The van der Waals surface area contributed by atoms with Gasteiger partial charge in [-0.2, -0.15) is 0 Å². The summed E-state index contributed by atoms with van der Waals surface area (Å²) in [5, 5.41) is 2.73. The van der Waals surface area contributed by atoms with E-state index in [1.165, 1.54) is 12.1 Å². The Balaban J connectivity index is 2.99. The Morgan fingerprint density at radius 1 is 0.923 bits per heavy atom. The van der Waals surface area contributed by atoms with Crippen LogP contribution in [0.5, 0.6) is 17.2 Å². The fourth-order valence-electron chi connectivity index (χ4n) is 2.18. The van der Waals surface area contributed by atoms with Crippen LogP contribution in [0, 0.1) is 0 Å². The minimum Gasteiger partial charge on any atom is -0.490 e. The van der Waals surface area contributed by atoms with Crippen LogP contribution < -0.4 is 19.5 Å². The fraction of sp³-hybridized carbons (Fsp3) is 0.579. The Morgan fingerprint density at radius 2 is 1.42 bits per heavy atom. The number of rotatable bonds is 9. The first-order valence-corrected chi connectivity index (χ1v) is 8.76. The Bertz CT molecular complexity index is 594. The molecule has 0 saturated heterocycles. The van der Waals surface area contributed by atoms with Gasteiger partial charge >= 0.3 is 5.97 Å². The maximum absolute atomic E-state index is 12.3. The molecule has 0 unspecified atom stereocenters. The van der Waals surface area contributed by atoms with Gasteiger partial charge in [-0.1, -0.05) is 0 Å². The Kier molecular flexibility index (Phi) is 8.22. The standard InChI is InChI=1S/C19H29NO6/c1-7-23-14-10-13(11-15(24-8-2)17(14)25-9-3)18(22)26-12-16(21)20-19(4,5)6/h10-11H,7-9,12H2,1-6H3,(H,20,21). The molecule has 1 rings (SSSR count). The topological polar surface area (TPSA) is 83.1 Å². The number of hydrogen-bond acceptors (Lipinski definition) is 6. The van der Waals surface area contributed by atoms with E-state index in [0.717, 1.165) is 0 Å². The number of esters is 1. The van der Waals surface area contributed by atoms with E-state index in [1.807, 2.05) is 41.5 Å². The van der Waals surface area contributed by atoms with Crippen molar-refractivity contribution in [2.24, 2.45) is 0 Å². The number of nitrogens with one attached hydrogen (secondary N) is 1. The van der Waals surface area contributed by atoms with Crippen molar-refractivity contribution in [2.75, 3.05) is 26.4 Å². The molecule has 1 aromatic carbocycles. The quantitative estimate of drug-likeness (QED) is 0.676.